The molecular weight excluding hydrogens is 282 g/mol. The molecule has 0 aliphatic carbocycles. The van der Waals surface area contributed by atoms with Crippen molar-refractivity contribution >= 4 is 17.1 Å². The molecular formula is C17H13NO2S. The van der Waals surface area contributed by atoms with Gasteiger partial charge in [0, 0.05) is 16.5 Å². The van der Waals surface area contributed by atoms with E-state index in [2.05, 4.69) is 4.98 Å². The van der Waals surface area contributed by atoms with Crippen LogP contribution in [0.1, 0.15) is 15.4 Å². The fraction of sp³-hybridized carbons (Fsp3) is 0.0588. The smallest absolute Gasteiger partial charge is 0.221 e. The molecule has 0 saturated heterocycles. The van der Waals surface area contributed by atoms with Gasteiger partial charge in [0.2, 0.25) is 5.78 Å². The molecule has 0 atom stereocenters. The van der Waals surface area contributed by atoms with Gasteiger partial charge in [-0.25, -0.2) is 4.98 Å². The number of hydrogen-bond acceptors (Lipinski definition) is 4. The van der Waals surface area contributed by atoms with Gasteiger partial charge in [-0.3, -0.25) is 4.79 Å². The Balaban J connectivity index is 1.87. The van der Waals surface area contributed by atoms with Crippen LogP contribution in [0, 0.1) is 0 Å². The van der Waals surface area contributed by atoms with Gasteiger partial charge in [0.1, 0.15) is 5.75 Å². The van der Waals surface area contributed by atoms with E-state index < -0.39 is 0 Å². The second-order valence-corrected chi connectivity index (χ2v) is 5.32. The van der Waals surface area contributed by atoms with Gasteiger partial charge in [-0.05, 0) is 24.3 Å². The van der Waals surface area contributed by atoms with E-state index in [1.807, 2.05) is 47.8 Å². The fourth-order valence-corrected chi connectivity index (χ4v) is 2.77. The first-order valence-electron chi connectivity index (χ1n) is 6.47. The highest BCUT2D eigenvalue weighted by Crippen LogP contribution is 2.25. The van der Waals surface area contributed by atoms with E-state index in [0.717, 1.165) is 17.0 Å². The maximum atomic E-state index is 12.3. The van der Waals surface area contributed by atoms with E-state index >= 15 is 0 Å². The van der Waals surface area contributed by atoms with Crippen molar-refractivity contribution in [2.24, 2.45) is 0 Å². The van der Waals surface area contributed by atoms with E-state index in [1.54, 1.807) is 19.2 Å². The number of benzene rings is 2. The SMILES string of the molecule is COc1ccc(-c2csc(C(=O)c3ccccc3)n2)cc1. The molecule has 0 saturated carbocycles. The number of aromatic nitrogens is 1. The van der Waals surface area contributed by atoms with Crippen molar-refractivity contribution in [3.8, 4) is 17.0 Å². The molecule has 1 aromatic heterocycles. The van der Waals surface area contributed by atoms with E-state index in [-0.39, 0.29) is 5.78 Å². The summed E-state index contributed by atoms with van der Waals surface area (Å²) >= 11 is 1.37. The fourth-order valence-electron chi connectivity index (χ4n) is 1.99. The zero-order valence-electron chi connectivity index (χ0n) is 11.4. The number of hydrogen-bond donors (Lipinski definition) is 0. The Morgan fingerprint density at radius 2 is 1.76 bits per heavy atom. The van der Waals surface area contributed by atoms with Crippen molar-refractivity contribution in [1.82, 2.24) is 4.98 Å². The van der Waals surface area contributed by atoms with Crippen molar-refractivity contribution in [2.75, 3.05) is 7.11 Å². The molecule has 0 amide bonds. The third kappa shape index (κ3) is 2.85. The van der Waals surface area contributed by atoms with Gasteiger partial charge in [-0.15, -0.1) is 11.3 Å². The van der Waals surface area contributed by atoms with E-state index in [9.17, 15) is 4.79 Å². The average molecular weight is 295 g/mol. The third-order valence-electron chi connectivity index (χ3n) is 3.12. The standard InChI is InChI=1S/C17H13NO2S/c1-20-14-9-7-12(8-10-14)15-11-21-17(18-15)16(19)13-5-3-2-4-6-13/h2-11H,1H3. The van der Waals surface area contributed by atoms with Crippen molar-refractivity contribution < 1.29 is 9.53 Å². The molecule has 0 N–H and O–H groups in total. The van der Waals surface area contributed by atoms with Crippen LogP contribution in [0.25, 0.3) is 11.3 Å². The van der Waals surface area contributed by atoms with E-state index in [4.69, 9.17) is 4.74 Å². The molecule has 4 heteroatoms. The summed E-state index contributed by atoms with van der Waals surface area (Å²) in [4.78, 5) is 16.8. The van der Waals surface area contributed by atoms with Crippen molar-refractivity contribution in [1.29, 1.82) is 0 Å². The molecule has 0 fully saturated rings. The number of rotatable bonds is 4. The van der Waals surface area contributed by atoms with Gasteiger partial charge in [-0.2, -0.15) is 0 Å². The van der Waals surface area contributed by atoms with E-state index in [0.29, 0.717) is 10.6 Å². The number of methoxy groups -OCH3 is 1. The molecule has 0 spiro atoms. The molecule has 0 unspecified atom stereocenters. The number of ketones is 1. The van der Waals surface area contributed by atoms with Gasteiger partial charge in [0.05, 0.1) is 12.8 Å². The molecule has 0 bridgehead atoms. The predicted octanol–water partition coefficient (Wildman–Crippen LogP) is 4.05. The molecule has 3 nitrogen and oxygen atoms in total. The minimum Gasteiger partial charge on any atom is -0.497 e. The molecule has 1 heterocycles. The van der Waals surface area contributed by atoms with Crippen LogP contribution in [0.4, 0.5) is 0 Å². The summed E-state index contributed by atoms with van der Waals surface area (Å²) in [6, 6.07) is 16.8. The number of carbonyl (C=O) groups excluding carboxylic acids is 1. The molecule has 3 aromatic rings. The lowest BCUT2D eigenvalue weighted by molar-refractivity contribution is 0.103. The molecule has 0 aliphatic heterocycles. The maximum Gasteiger partial charge on any atom is 0.221 e. The lowest BCUT2D eigenvalue weighted by Crippen LogP contribution is -1.99. The van der Waals surface area contributed by atoms with Crippen LogP contribution in [0.3, 0.4) is 0 Å². The lowest BCUT2D eigenvalue weighted by Gasteiger charge is -2.00. The Hall–Kier alpha value is -2.46. The van der Waals surface area contributed by atoms with Crippen LogP contribution in [0.2, 0.25) is 0 Å². The zero-order valence-corrected chi connectivity index (χ0v) is 12.3. The quantitative estimate of drug-likeness (QED) is 0.682. The average Bonchev–Trinajstić information content (AvgIpc) is 3.05. The van der Waals surface area contributed by atoms with Gasteiger partial charge < -0.3 is 4.74 Å². The molecule has 104 valence electrons. The maximum absolute atomic E-state index is 12.3. The Morgan fingerprint density at radius 3 is 2.43 bits per heavy atom. The monoisotopic (exact) mass is 295 g/mol. The molecule has 0 radical (unpaired) electrons. The highest BCUT2D eigenvalue weighted by Gasteiger charge is 2.13. The Kier molecular flexibility index (Phi) is 3.79. The normalized spacial score (nSPS) is 10.3. The largest absolute Gasteiger partial charge is 0.497 e. The number of thiazole rings is 1. The molecule has 21 heavy (non-hydrogen) atoms. The number of carbonyl (C=O) groups is 1. The van der Waals surface area contributed by atoms with Crippen molar-refractivity contribution in [2.45, 2.75) is 0 Å². The zero-order chi connectivity index (χ0) is 14.7. The lowest BCUT2D eigenvalue weighted by atomic mass is 10.1. The Bertz CT molecular complexity index is 748. The highest BCUT2D eigenvalue weighted by molar-refractivity contribution is 7.12. The third-order valence-corrected chi connectivity index (χ3v) is 3.96. The van der Waals surface area contributed by atoms with Crippen LogP contribution in [0.15, 0.2) is 60.0 Å². The molecule has 2 aromatic carbocycles. The summed E-state index contributed by atoms with van der Waals surface area (Å²) in [5.74, 6) is 0.759. The van der Waals surface area contributed by atoms with Crippen LogP contribution < -0.4 is 4.74 Å². The van der Waals surface area contributed by atoms with E-state index in [1.165, 1.54) is 11.3 Å². The summed E-state index contributed by atoms with van der Waals surface area (Å²) in [6.07, 6.45) is 0. The predicted molar refractivity (Wildman–Crippen MR) is 84.0 cm³/mol. The summed E-state index contributed by atoms with van der Waals surface area (Å²) in [7, 11) is 1.63. The second kappa shape index (κ2) is 5.89. The van der Waals surface area contributed by atoms with Gasteiger partial charge >= 0.3 is 0 Å². The minimum absolute atomic E-state index is 0.0413. The van der Waals surface area contributed by atoms with Crippen LogP contribution in [0.5, 0.6) is 5.75 Å². The minimum atomic E-state index is -0.0413. The molecule has 0 aliphatic rings. The van der Waals surface area contributed by atoms with Crippen LogP contribution in [-0.2, 0) is 0 Å². The van der Waals surface area contributed by atoms with Gasteiger partial charge in [-0.1, -0.05) is 30.3 Å². The van der Waals surface area contributed by atoms with Crippen LogP contribution >= 0.6 is 11.3 Å². The van der Waals surface area contributed by atoms with Gasteiger partial charge in [0.25, 0.3) is 0 Å². The van der Waals surface area contributed by atoms with Gasteiger partial charge in [0.15, 0.2) is 5.01 Å². The second-order valence-electron chi connectivity index (χ2n) is 4.46. The Labute approximate surface area is 126 Å². The number of ether oxygens (including phenoxy) is 1. The van der Waals surface area contributed by atoms with Crippen molar-refractivity contribution in [3.63, 3.8) is 0 Å². The summed E-state index contributed by atoms with van der Waals surface area (Å²) in [6.45, 7) is 0. The Morgan fingerprint density at radius 1 is 1.05 bits per heavy atom. The summed E-state index contributed by atoms with van der Waals surface area (Å²) in [5.41, 5.74) is 2.44. The first-order chi connectivity index (χ1) is 10.3. The number of nitrogens with zero attached hydrogens (tertiary/aromatic N) is 1. The topological polar surface area (TPSA) is 39.2 Å². The van der Waals surface area contributed by atoms with Crippen molar-refractivity contribution in [3.05, 3.63) is 70.5 Å². The summed E-state index contributed by atoms with van der Waals surface area (Å²) in [5, 5.41) is 2.41. The van der Waals surface area contributed by atoms with Crippen LogP contribution in [-0.4, -0.2) is 17.9 Å². The highest BCUT2D eigenvalue weighted by atomic mass is 32.1. The first-order valence-corrected chi connectivity index (χ1v) is 7.35. The molecule has 3 rings (SSSR count). The first kappa shape index (κ1) is 13.5. The summed E-state index contributed by atoms with van der Waals surface area (Å²) < 4.78 is 5.13.